The highest BCUT2D eigenvalue weighted by Crippen LogP contribution is 2.16. The number of furan rings is 1. The van der Waals surface area contributed by atoms with Gasteiger partial charge in [-0.2, -0.15) is 11.8 Å². The Morgan fingerprint density at radius 2 is 2.18 bits per heavy atom. The normalized spacial score (nSPS) is 17.8. The summed E-state index contributed by atoms with van der Waals surface area (Å²) in [4.78, 5) is 2.51. The Hall–Kier alpha value is -0.450. The van der Waals surface area contributed by atoms with Crippen molar-refractivity contribution in [3.8, 4) is 0 Å². The van der Waals surface area contributed by atoms with Crippen molar-refractivity contribution in [3.05, 3.63) is 23.7 Å². The maximum Gasteiger partial charge on any atom is 0.122 e. The number of hydrogen-bond donors (Lipinski definition) is 1. The molecule has 1 saturated heterocycles. The Labute approximate surface area is 108 Å². The minimum atomic E-state index is 0.499. The van der Waals surface area contributed by atoms with Gasteiger partial charge in [0.25, 0.3) is 0 Å². The lowest BCUT2D eigenvalue weighted by Crippen LogP contribution is -2.32. The van der Waals surface area contributed by atoms with Gasteiger partial charge in [-0.3, -0.25) is 4.90 Å². The Morgan fingerprint density at radius 3 is 2.88 bits per heavy atom. The highest BCUT2D eigenvalue weighted by atomic mass is 32.2. The first-order valence-electron chi connectivity index (χ1n) is 6.34. The fourth-order valence-corrected chi connectivity index (χ4v) is 2.94. The molecule has 0 aromatic carbocycles. The lowest BCUT2D eigenvalue weighted by Gasteiger charge is -2.25. The molecule has 0 radical (unpaired) electrons. The van der Waals surface area contributed by atoms with Crippen molar-refractivity contribution >= 4 is 11.8 Å². The molecule has 0 aliphatic carbocycles. The van der Waals surface area contributed by atoms with Gasteiger partial charge < -0.3 is 9.73 Å². The molecule has 0 unspecified atom stereocenters. The van der Waals surface area contributed by atoms with Crippen molar-refractivity contribution in [2.24, 2.45) is 0 Å². The second kappa shape index (κ2) is 6.47. The number of rotatable bonds is 5. The molecule has 2 heterocycles. The molecular weight excluding hydrogens is 232 g/mol. The fourth-order valence-electron chi connectivity index (χ4n) is 1.96. The topological polar surface area (TPSA) is 28.4 Å². The summed E-state index contributed by atoms with van der Waals surface area (Å²) in [6, 6.07) is 2.61. The Morgan fingerprint density at radius 1 is 1.41 bits per heavy atom. The van der Waals surface area contributed by atoms with E-state index < -0.39 is 0 Å². The van der Waals surface area contributed by atoms with E-state index in [1.54, 1.807) is 0 Å². The van der Waals surface area contributed by atoms with E-state index in [1.165, 1.54) is 30.2 Å². The standard InChI is InChI=1S/C13H22N2OS/c1-11(2)14-9-13-12(3-6-16-13)10-15-4-7-17-8-5-15/h3,6,11,14H,4-5,7-10H2,1-2H3. The smallest absolute Gasteiger partial charge is 0.122 e. The molecule has 1 N–H and O–H groups in total. The Balaban J connectivity index is 1.88. The molecule has 17 heavy (non-hydrogen) atoms. The molecule has 0 saturated carbocycles. The lowest BCUT2D eigenvalue weighted by atomic mass is 10.2. The molecule has 96 valence electrons. The van der Waals surface area contributed by atoms with Gasteiger partial charge in [0.2, 0.25) is 0 Å². The monoisotopic (exact) mass is 254 g/mol. The van der Waals surface area contributed by atoms with Crippen LogP contribution in [0.2, 0.25) is 0 Å². The SMILES string of the molecule is CC(C)NCc1occc1CN1CCSCC1. The minimum absolute atomic E-state index is 0.499. The lowest BCUT2D eigenvalue weighted by molar-refractivity contribution is 0.291. The molecule has 1 fully saturated rings. The molecule has 4 heteroatoms. The number of nitrogens with zero attached hydrogens (tertiary/aromatic N) is 1. The van der Waals surface area contributed by atoms with Gasteiger partial charge in [0.05, 0.1) is 12.8 Å². The number of hydrogen-bond acceptors (Lipinski definition) is 4. The summed E-state index contributed by atoms with van der Waals surface area (Å²) in [6.07, 6.45) is 1.81. The summed E-state index contributed by atoms with van der Waals surface area (Å²) in [6.45, 7) is 8.59. The van der Waals surface area contributed by atoms with E-state index in [-0.39, 0.29) is 0 Å². The maximum absolute atomic E-state index is 5.56. The van der Waals surface area contributed by atoms with Crippen LogP contribution < -0.4 is 5.32 Å². The van der Waals surface area contributed by atoms with Gasteiger partial charge in [-0.1, -0.05) is 13.8 Å². The third-order valence-corrected chi connectivity index (χ3v) is 3.95. The van der Waals surface area contributed by atoms with Crippen molar-refractivity contribution in [2.75, 3.05) is 24.6 Å². The van der Waals surface area contributed by atoms with Gasteiger partial charge in [0.15, 0.2) is 0 Å². The van der Waals surface area contributed by atoms with Gasteiger partial charge in [-0.25, -0.2) is 0 Å². The van der Waals surface area contributed by atoms with Crippen LogP contribution in [0.3, 0.4) is 0 Å². The third-order valence-electron chi connectivity index (χ3n) is 3.01. The first-order chi connectivity index (χ1) is 8.25. The van der Waals surface area contributed by atoms with Gasteiger partial charge in [-0.15, -0.1) is 0 Å². The van der Waals surface area contributed by atoms with Crippen LogP contribution in [-0.4, -0.2) is 35.5 Å². The average Bonchev–Trinajstić information content (AvgIpc) is 2.75. The van der Waals surface area contributed by atoms with E-state index in [9.17, 15) is 0 Å². The molecule has 0 spiro atoms. The molecule has 3 nitrogen and oxygen atoms in total. The van der Waals surface area contributed by atoms with Crippen molar-refractivity contribution < 1.29 is 4.42 Å². The first-order valence-corrected chi connectivity index (χ1v) is 7.50. The van der Waals surface area contributed by atoms with E-state index in [4.69, 9.17) is 4.42 Å². The zero-order chi connectivity index (χ0) is 12.1. The largest absolute Gasteiger partial charge is 0.468 e. The highest BCUT2D eigenvalue weighted by molar-refractivity contribution is 7.99. The maximum atomic E-state index is 5.56. The van der Waals surface area contributed by atoms with Gasteiger partial charge in [0, 0.05) is 42.7 Å². The van der Waals surface area contributed by atoms with Crippen LogP contribution in [0.4, 0.5) is 0 Å². The van der Waals surface area contributed by atoms with Gasteiger partial charge >= 0.3 is 0 Å². The summed E-state index contributed by atoms with van der Waals surface area (Å²) < 4.78 is 5.56. The van der Waals surface area contributed by atoms with Crippen molar-refractivity contribution in [1.29, 1.82) is 0 Å². The first kappa shape index (κ1) is 13.0. The molecule has 1 aliphatic heterocycles. The second-order valence-electron chi connectivity index (χ2n) is 4.79. The van der Waals surface area contributed by atoms with Crippen LogP contribution in [0.25, 0.3) is 0 Å². The van der Waals surface area contributed by atoms with Crippen LogP contribution in [0.5, 0.6) is 0 Å². The second-order valence-corrected chi connectivity index (χ2v) is 6.02. The Kier molecular flexibility index (Phi) is 4.95. The Bertz CT molecular complexity index is 332. The van der Waals surface area contributed by atoms with Gasteiger partial charge in [-0.05, 0) is 6.07 Å². The van der Waals surface area contributed by atoms with E-state index in [1.807, 2.05) is 6.26 Å². The molecule has 1 aliphatic rings. The van der Waals surface area contributed by atoms with E-state index in [0.717, 1.165) is 18.8 Å². The van der Waals surface area contributed by atoms with Crippen molar-refractivity contribution in [1.82, 2.24) is 10.2 Å². The zero-order valence-electron chi connectivity index (χ0n) is 10.7. The van der Waals surface area contributed by atoms with Crippen molar-refractivity contribution in [2.45, 2.75) is 33.0 Å². The molecule has 2 rings (SSSR count). The highest BCUT2D eigenvalue weighted by Gasteiger charge is 2.14. The van der Waals surface area contributed by atoms with Crippen LogP contribution >= 0.6 is 11.8 Å². The van der Waals surface area contributed by atoms with E-state index >= 15 is 0 Å². The average molecular weight is 254 g/mol. The minimum Gasteiger partial charge on any atom is -0.468 e. The van der Waals surface area contributed by atoms with Crippen LogP contribution in [0.1, 0.15) is 25.2 Å². The summed E-state index contributed by atoms with van der Waals surface area (Å²) in [5.41, 5.74) is 1.34. The van der Waals surface area contributed by atoms with Crippen LogP contribution in [-0.2, 0) is 13.1 Å². The molecular formula is C13H22N2OS. The van der Waals surface area contributed by atoms with Gasteiger partial charge in [0.1, 0.15) is 5.76 Å². The summed E-state index contributed by atoms with van der Waals surface area (Å²) in [5.74, 6) is 3.62. The molecule has 0 bridgehead atoms. The predicted octanol–water partition coefficient (Wildman–Crippen LogP) is 2.33. The summed E-state index contributed by atoms with van der Waals surface area (Å²) in [7, 11) is 0. The summed E-state index contributed by atoms with van der Waals surface area (Å²) >= 11 is 2.05. The van der Waals surface area contributed by atoms with Crippen LogP contribution in [0, 0.1) is 0 Å². The molecule has 1 aromatic rings. The number of nitrogens with one attached hydrogen (secondary N) is 1. The van der Waals surface area contributed by atoms with Crippen molar-refractivity contribution in [3.63, 3.8) is 0 Å². The zero-order valence-corrected chi connectivity index (χ0v) is 11.6. The molecule has 0 amide bonds. The number of thioether (sulfide) groups is 1. The molecule has 0 atom stereocenters. The van der Waals surface area contributed by atoms with E-state index in [0.29, 0.717) is 6.04 Å². The third kappa shape index (κ3) is 4.05. The molecule has 1 aromatic heterocycles. The van der Waals surface area contributed by atoms with E-state index in [2.05, 4.69) is 41.9 Å². The summed E-state index contributed by atoms with van der Waals surface area (Å²) in [5, 5.41) is 3.41. The quantitative estimate of drug-likeness (QED) is 0.873. The predicted molar refractivity (Wildman–Crippen MR) is 73.3 cm³/mol. The fraction of sp³-hybridized carbons (Fsp3) is 0.692. The van der Waals surface area contributed by atoms with Crippen LogP contribution in [0.15, 0.2) is 16.7 Å².